The Kier molecular flexibility index (Phi) is 6.42. The summed E-state index contributed by atoms with van der Waals surface area (Å²) >= 11 is 5.66. The zero-order valence-electron chi connectivity index (χ0n) is 14.8. The lowest BCUT2D eigenvalue weighted by Gasteiger charge is -2.28. The van der Waals surface area contributed by atoms with Crippen molar-refractivity contribution < 1.29 is 14.0 Å². The van der Waals surface area contributed by atoms with Crippen molar-refractivity contribution in [2.75, 3.05) is 25.0 Å². The predicted molar refractivity (Wildman–Crippen MR) is 103 cm³/mol. The zero-order valence-corrected chi connectivity index (χ0v) is 15.6. The van der Waals surface area contributed by atoms with E-state index < -0.39 is 17.6 Å². The number of halogens is 2. The molecule has 1 heterocycles. The van der Waals surface area contributed by atoms with Crippen LogP contribution in [0.2, 0.25) is 5.02 Å². The van der Waals surface area contributed by atoms with Crippen LogP contribution in [0.4, 0.5) is 10.1 Å². The lowest BCUT2D eigenvalue weighted by molar-refractivity contribution is -0.136. The highest BCUT2D eigenvalue weighted by Gasteiger charge is 2.17. The van der Waals surface area contributed by atoms with Crippen molar-refractivity contribution in [1.29, 1.82) is 0 Å². The minimum absolute atomic E-state index is 0.0773. The molecule has 27 heavy (non-hydrogen) atoms. The lowest BCUT2D eigenvalue weighted by atomic mass is 10.00. The van der Waals surface area contributed by atoms with E-state index in [1.54, 1.807) is 0 Å². The molecule has 0 unspecified atom stereocenters. The highest BCUT2D eigenvalue weighted by molar-refractivity contribution is 6.39. The van der Waals surface area contributed by atoms with E-state index in [0.29, 0.717) is 6.54 Å². The van der Waals surface area contributed by atoms with Crippen LogP contribution in [0.3, 0.4) is 0 Å². The molecular formula is C20H21ClFN3O2. The van der Waals surface area contributed by atoms with Crippen molar-refractivity contribution in [2.24, 2.45) is 0 Å². The first-order chi connectivity index (χ1) is 13.0. The number of rotatable bonds is 5. The number of hydrogen-bond donors (Lipinski definition) is 2. The summed E-state index contributed by atoms with van der Waals surface area (Å²) in [7, 11) is 0. The number of amides is 2. The molecule has 3 rings (SSSR count). The van der Waals surface area contributed by atoms with Crippen LogP contribution in [0.25, 0.3) is 0 Å². The maximum absolute atomic E-state index is 13.7. The van der Waals surface area contributed by atoms with Gasteiger partial charge in [0.1, 0.15) is 5.82 Å². The van der Waals surface area contributed by atoms with Crippen LogP contribution in [-0.4, -0.2) is 36.3 Å². The van der Waals surface area contributed by atoms with Gasteiger partial charge in [-0.05, 0) is 42.2 Å². The number of nitrogens with zero attached hydrogens (tertiary/aromatic N) is 1. The Morgan fingerprint density at radius 1 is 1.11 bits per heavy atom. The van der Waals surface area contributed by atoms with Crippen LogP contribution in [0.5, 0.6) is 0 Å². The molecule has 0 aromatic heterocycles. The number of fused-ring (bicyclic) bond motifs is 1. The van der Waals surface area contributed by atoms with Crippen LogP contribution in [0.1, 0.15) is 17.5 Å². The van der Waals surface area contributed by atoms with Crippen molar-refractivity contribution in [3.8, 4) is 0 Å². The minimum atomic E-state index is -0.900. The zero-order chi connectivity index (χ0) is 19.2. The van der Waals surface area contributed by atoms with Gasteiger partial charge in [-0.3, -0.25) is 14.5 Å². The molecule has 2 aromatic rings. The molecule has 1 aliphatic rings. The number of nitrogens with one attached hydrogen (secondary N) is 2. The fourth-order valence-corrected chi connectivity index (χ4v) is 3.26. The molecule has 2 aromatic carbocycles. The van der Waals surface area contributed by atoms with Gasteiger partial charge in [-0.15, -0.1) is 0 Å². The summed E-state index contributed by atoms with van der Waals surface area (Å²) < 4.78 is 13.7. The Balaban J connectivity index is 1.39. The molecule has 142 valence electrons. The fraction of sp³-hybridized carbons (Fsp3) is 0.300. The number of anilines is 1. The van der Waals surface area contributed by atoms with Crippen LogP contribution in [-0.2, 0) is 22.6 Å². The average Bonchev–Trinajstić information content (AvgIpc) is 2.67. The molecule has 0 radical (unpaired) electrons. The summed E-state index contributed by atoms with van der Waals surface area (Å²) in [5.41, 5.74) is 2.66. The van der Waals surface area contributed by atoms with Crippen molar-refractivity contribution >= 4 is 29.1 Å². The summed E-state index contributed by atoms with van der Waals surface area (Å²) in [4.78, 5) is 26.0. The van der Waals surface area contributed by atoms with E-state index >= 15 is 0 Å². The quantitative estimate of drug-likeness (QED) is 0.610. The van der Waals surface area contributed by atoms with Crippen molar-refractivity contribution in [1.82, 2.24) is 10.2 Å². The van der Waals surface area contributed by atoms with E-state index in [0.717, 1.165) is 38.5 Å². The Hall–Kier alpha value is -2.44. The van der Waals surface area contributed by atoms with Gasteiger partial charge in [0.2, 0.25) is 0 Å². The smallest absolute Gasteiger partial charge is 0.313 e. The van der Waals surface area contributed by atoms with Gasteiger partial charge < -0.3 is 10.6 Å². The van der Waals surface area contributed by atoms with E-state index in [-0.39, 0.29) is 10.7 Å². The molecule has 0 atom stereocenters. The van der Waals surface area contributed by atoms with Crippen molar-refractivity contribution in [3.05, 3.63) is 64.4 Å². The van der Waals surface area contributed by atoms with Crippen LogP contribution < -0.4 is 10.6 Å². The molecule has 0 fully saturated rings. The second kappa shape index (κ2) is 8.97. The second-order valence-electron chi connectivity index (χ2n) is 6.48. The first-order valence-corrected chi connectivity index (χ1v) is 9.24. The van der Waals surface area contributed by atoms with Crippen LogP contribution in [0.15, 0.2) is 42.5 Å². The topological polar surface area (TPSA) is 61.4 Å². The number of benzene rings is 2. The molecule has 5 nitrogen and oxygen atoms in total. The molecule has 0 spiro atoms. The van der Waals surface area contributed by atoms with Gasteiger partial charge in [0.05, 0.1) is 5.69 Å². The Labute approximate surface area is 162 Å². The van der Waals surface area contributed by atoms with E-state index in [1.165, 1.54) is 23.3 Å². The van der Waals surface area contributed by atoms with Crippen molar-refractivity contribution in [3.63, 3.8) is 0 Å². The standard InChI is InChI=1S/C20H21ClFN3O2/c21-16-6-7-18(17(22)12-16)24-20(27)19(26)23-9-3-10-25-11-8-14-4-1-2-5-15(14)13-25/h1-2,4-7,12H,3,8-11,13H2,(H,23,26)(H,24,27). The van der Waals surface area contributed by atoms with Gasteiger partial charge in [-0.25, -0.2) is 4.39 Å². The normalized spacial score (nSPS) is 13.7. The average molecular weight is 390 g/mol. The largest absolute Gasteiger partial charge is 0.348 e. The molecule has 0 saturated heterocycles. The molecule has 0 bridgehead atoms. The first kappa shape index (κ1) is 19.3. The first-order valence-electron chi connectivity index (χ1n) is 8.86. The summed E-state index contributed by atoms with van der Waals surface area (Å²) in [5, 5.41) is 5.03. The molecule has 0 saturated carbocycles. The maximum Gasteiger partial charge on any atom is 0.313 e. The van der Waals surface area contributed by atoms with E-state index in [4.69, 9.17) is 11.6 Å². The third-order valence-electron chi connectivity index (χ3n) is 4.53. The summed E-state index contributed by atoms with van der Waals surface area (Å²) in [5.74, 6) is -2.37. The third kappa shape index (κ3) is 5.28. The van der Waals surface area contributed by atoms with Gasteiger partial charge >= 0.3 is 11.8 Å². The van der Waals surface area contributed by atoms with Gasteiger partial charge in [0.25, 0.3) is 0 Å². The number of carbonyl (C=O) groups is 2. The van der Waals surface area contributed by atoms with Crippen LogP contribution in [0, 0.1) is 5.82 Å². The van der Waals surface area contributed by atoms with Gasteiger partial charge in [-0.2, -0.15) is 0 Å². The highest BCUT2D eigenvalue weighted by atomic mass is 35.5. The van der Waals surface area contributed by atoms with Gasteiger partial charge in [-0.1, -0.05) is 35.9 Å². The van der Waals surface area contributed by atoms with Crippen LogP contribution >= 0.6 is 11.6 Å². The minimum Gasteiger partial charge on any atom is -0.348 e. The number of hydrogen-bond acceptors (Lipinski definition) is 3. The maximum atomic E-state index is 13.7. The fourth-order valence-electron chi connectivity index (χ4n) is 3.10. The summed E-state index contributed by atoms with van der Waals surface area (Å²) in [6.07, 6.45) is 1.76. The monoisotopic (exact) mass is 389 g/mol. The van der Waals surface area contributed by atoms with E-state index in [1.807, 2.05) is 6.07 Å². The van der Waals surface area contributed by atoms with Gasteiger partial charge in [0.15, 0.2) is 0 Å². The molecule has 2 amide bonds. The number of carbonyl (C=O) groups excluding carboxylic acids is 2. The van der Waals surface area contributed by atoms with E-state index in [2.05, 4.69) is 33.7 Å². The summed E-state index contributed by atoms with van der Waals surface area (Å²) in [6.45, 7) is 3.11. The third-order valence-corrected chi connectivity index (χ3v) is 4.77. The predicted octanol–water partition coefficient (Wildman–Crippen LogP) is 2.98. The second-order valence-corrected chi connectivity index (χ2v) is 6.92. The Morgan fingerprint density at radius 3 is 2.67 bits per heavy atom. The molecule has 2 N–H and O–H groups in total. The molecule has 7 heteroatoms. The Morgan fingerprint density at radius 2 is 1.89 bits per heavy atom. The summed E-state index contributed by atoms with van der Waals surface area (Å²) in [6, 6.07) is 12.2. The molecular weight excluding hydrogens is 369 g/mol. The lowest BCUT2D eigenvalue weighted by Crippen LogP contribution is -2.38. The highest BCUT2D eigenvalue weighted by Crippen LogP contribution is 2.19. The Bertz CT molecular complexity index is 844. The van der Waals surface area contributed by atoms with E-state index in [9.17, 15) is 14.0 Å². The molecule has 0 aliphatic carbocycles. The van der Waals surface area contributed by atoms with Crippen molar-refractivity contribution in [2.45, 2.75) is 19.4 Å². The SMILES string of the molecule is O=C(NCCCN1CCc2ccccc2C1)C(=O)Nc1ccc(Cl)cc1F. The van der Waals surface area contributed by atoms with Gasteiger partial charge in [0, 0.05) is 31.2 Å². The molecule has 1 aliphatic heterocycles.